The number of aromatic nitrogens is 2. The summed E-state index contributed by atoms with van der Waals surface area (Å²) in [4.78, 5) is 22.6. The lowest BCUT2D eigenvalue weighted by Gasteiger charge is -2.06. The predicted octanol–water partition coefficient (Wildman–Crippen LogP) is 4.05. The zero-order valence-corrected chi connectivity index (χ0v) is 14.7. The number of rotatable bonds is 5. The smallest absolute Gasteiger partial charge is 0.325 e. The van der Waals surface area contributed by atoms with Crippen LogP contribution in [0.15, 0.2) is 22.5 Å². The molecule has 23 heavy (non-hydrogen) atoms. The van der Waals surface area contributed by atoms with Crippen molar-refractivity contribution in [2.45, 2.75) is 16.5 Å². The van der Waals surface area contributed by atoms with Gasteiger partial charge in [-0.1, -0.05) is 46.3 Å². The Labute approximate surface area is 149 Å². The van der Waals surface area contributed by atoms with Crippen LogP contribution >= 0.6 is 46.3 Å². The van der Waals surface area contributed by atoms with Crippen molar-refractivity contribution in [2.24, 2.45) is 0 Å². The van der Waals surface area contributed by atoms with Crippen molar-refractivity contribution in [1.82, 2.24) is 10.2 Å². The molecule has 2 rings (SSSR count). The topological polar surface area (TPSA) is 104 Å². The molecule has 1 aromatic heterocycles. The Morgan fingerprint density at radius 1 is 1.26 bits per heavy atom. The van der Waals surface area contributed by atoms with Crippen LogP contribution < -0.4 is 10.6 Å². The number of nitrogens with zero attached hydrogens (tertiary/aromatic N) is 2. The van der Waals surface area contributed by atoms with Crippen molar-refractivity contribution >= 4 is 69.1 Å². The van der Waals surface area contributed by atoms with Gasteiger partial charge in [-0.3, -0.25) is 10.1 Å². The highest BCUT2D eigenvalue weighted by Crippen LogP contribution is 2.29. The van der Waals surface area contributed by atoms with Gasteiger partial charge in [0.25, 0.3) is 0 Å². The van der Waals surface area contributed by atoms with Gasteiger partial charge in [-0.2, -0.15) is 0 Å². The Hall–Kier alpha value is -1.55. The number of carbonyl (C=O) groups excluding carboxylic acids is 1. The number of carbonyl (C=O) groups is 2. The molecule has 0 radical (unpaired) electrons. The molecule has 3 N–H and O–H groups in total. The molecule has 0 aliphatic carbocycles. The average Bonchev–Trinajstić information content (AvgIpc) is 2.89. The molecule has 122 valence electrons. The quantitative estimate of drug-likeness (QED) is 0.523. The highest BCUT2D eigenvalue weighted by atomic mass is 35.5. The molecule has 0 aliphatic heterocycles. The molecule has 0 aliphatic rings. The Morgan fingerprint density at radius 3 is 2.65 bits per heavy atom. The molecule has 1 atom stereocenters. The number of thioether (sulfide) groups is 1. The van der Waals surface area contributed by atoms with Gasteiger partial charge in [0.1, 0.15) is 5.25 Å². The van der Waals surface area contributed by atoms with E-state index in [-0.39, 0.29) is 5.13 Å². The molecule has 2 amide bonds. The third kappa shape index (κ3) is 5.24. The summed E-state index contributed by atoms with van der Waals surface area (Å²) in [7, 11) is 0. The lowest BCUT2D eigenvalue weighted by molar-refractivity contribution is -0.136. The van der Waals surface area contributed by atoms with E-state index >= 15 is 0 Å². The van der Waals surface area contributed by atoms with E-state index in [0.29, 0.717) is 20.1 Å². The third-order valence-corrected chi connectivity index (χ3v) is 5.18. The number of benzene rings is 1. The zero-order chi connectivity index (χ0) is 17.0. The minimum Gasteiger partial charge on any atom is -0.480 e. The Kier molecular flexibility index (Phi) is 6.05. The Morgan fingerprint density at radius 2 is 2.00 bits per heavy atom. The molecule has 7 nitrogen and oxygen atoms in total. The van der Waals surface area contributed by atoms with E-state index in [1.807, 2.05) is 0 Å². The minimum absolute atomic E-state index is 0.252. The van der Waals surface area contributed by atoms with E-state index in [1.165, 1.54) is 6.07 Å². The zero-order valence-electron chi connectivity index (χ0n) is 11.5. The molecule has 0 unspecified atom stereocenters. The summed E-state index contributed by atoms with van der Waals surface area (Å²) in [5.41, 5.74) is 0.468. The van der Waals surface area contributed by atoms with Crippen molar-refractivity contribution in [3.63, 3.8) is 0 Å². The maximum atomic E-state index is 11.9. The van der Waals surface area contributed by atoms with E-state index in [0.717, 1.165) is 23.1 Å². The molecule has 0 spiro atoms. The standard InChI is InChI=1S/C12H10Cl2N4O3S2/c1-5(9(19)20)22-12-18-17-11(23-12)16-10(21)15-6-2-3-7(13)8(14)4-6/h2-5H,1H3,(H,19,20)(H2,15,16,17,21)/t5-/m0/s1. The fraction of sp³-hybridized carbons (Fsp3) is 0.167. The van der Waals surface area contributed by atoms with Gasteiger partial charge in [0, 0.05) is 5.69 Å². The van der Waals surface area contributed by atoms with E-state index in [2.05, 4.69) is 20.8 Å². The summed E-state index contributed by atoms with van der Waals surface area (Å²) in [5, 5.41) is 21.8. The van der Waals surface area contributed by atoms with Crippen molar-refractivity contribution in [2.75, 3.05) is 10.6 Å². The number of anilines is 2. The summed E-state index contributed by atoms with van der Waals surface area (Å²) >= 11 is 13.8. The number of carboxylic acids is 1. The first-order chi connectivity index (χ1) is 10.8. The van der Waals surface area contributed by atoms with Crippen LogP contribution in [0, 0.1) is 0 Å². The first-order valence-electron chi connectivity index (χ1n) is 6.11. The van der Waals surface area contributed by atoms with Gasteiger partial charge in [-0.15, -0.1) is 10.2 Å². The van der Waals surface area contributed by atoms with Crippen LogP contribution in [0.1, 0.15) is 6.92 Å². The maximum Gasteiger partial charge on any atom is 0.325 e. The number of aliphatic carboxylic acids is 1. The normalized spacial score (nSPS) is 11.8. The van der Waals surface area contributed by atoms with Crippen LogP contribution in [-0.4, -0.2) is 32.6 Å². The SMILES string of the molecule is C[C@H](Sc1nnc(NC(=O)Nc2ccc(Cl)c(Cl)c2)s1)C(=O)O. The fourth-order valence-corrected chi connectivity index (χ4v) is 3.47. The second kappa shape index (κ2) is 7.82. The highest BCUT2D eigenvalue weighted by Gasteiger charge is 2.16. The van der Waals surface area contributed by atoms with E-state index < -0.39 is 17.3 Å². The Bertz CT molecular complexity index is 741. The second-order valence-electron chi connectivity index (χ2n) is 4.18. The fourth-order valence-electron chi connectivity index (χ4n) is 1.34. The van der Waals surface area contributed by atoms with Crippen molar-refractivity contribution in [3.05, 3.63) is 28.2 Å². The molecule has 0 fully saturated rings. The minimum atomic E-state index is -0.947. The summed E-state index contributed by atoms with van der Waals surface area (Å²) in [6.45, 7) is 1.54. The van der Waals surface area contributed by atoms with E-state index in [4.69, 9.17) is 28.3 Å². The van der Waals surface area contributed by atoms with Gasteiger partial charge in [0.2, 0.25) is 5.13 Å². The second-order valence-corrected chi connectivity index (χ2v) is 7.56. The molecule has 0 saturated carbocycles. The van der Waals surface area contributed by atoms with Crippen molar-refractivity contribution < 1.29 is 14.7 Å². The van der Waals surface area contributed by atoms with Crippen LogP contribution in [0.25, 0.3) is 0 Å². The number of amides is 2. The monoisotopic (exact) mass is 392 g/mol. The molecular formula is C12H10Cl2N4O3S2. The summed E-state index contributed by atoms with van der Waals surface area (Å²) < 4.78 is 0.449. The molecule has 2 aromatic rings. The molecule has 11 heteroatoms. The molecular weight excluding hydrogens is 383 g/mol. The molecule has 1 aromatic carbocycles. The van der Waals surface area contributed by atoms with Crippen molar-refractivity contribution in [1.29, 1.82) is 0 Å². The first-order valence-corrected chi connectivity index (χ1v) is 8.56. The lowest BCUT2D eigenvalue weighted by Crippen LogP contribution is -2.19. The van der Waals surface area contributed by atoms with E-state index in [9.17, 15) is 9.59 Å². The molecule has 1 heterocycles. The van der Waals surface area contributed by atoms with Crippen LogP contribution in [0.3, 0.4) is 0 Å². The predicted molar refractivity (Wildman–Crippen MR) is 92.0 cm³/mol. The highest BCUT2D eigenvalue weighted by molar-refractivity contribution is 8.02. The maximum absolute atomic E-state index is 11.9. The van der Waals surface area contributed by atoms with Gasteiger partial charge in [0.15, 0.2) is 4.34 Å². The van der Waals surface area contributed by atoms with E-state index in [1.54, 1.807) is 19.1 Å². The summed E-state index contributed by atoms with van der Waals surface area (Å²) in [5.74, 6) is -0.947. The summed E-state index contributed by atoms with van der Waals surface area (Å²) in [6, 6.07) is 4.15. The number of urea groups is 1. The average molecular weight is 393 g/mol. The number of halogens is 2. The van der Waals surface area contributed by atoms with Gasteiger partial charge < -0.3 is 10.4 Å². The van der Waals surface area contributed by atoms with Crippen molar-refractivity contribution in [3.8, 4) is 0 Å². The van der Waals surface area contributed by atoms with Gasteiger partial charge in [-0.05, 0) is 25.1 Å². The summed E-state index contributed by atoms with van der Waals surface area (Å²) in [6.07, 6.45) is 0. The Balaban J connectivity index is 1.94. The van der Waals surface area contributed by atoms with Crippen LogP contribution in [0.4, 0.5) is 15.6 Å². The van der Waals surface area contributed by atoms with Crippen LogP contribution in [-0.2, 0) is 4.79 Å². The van der Waals surface area contributed by atoms with Gasteiger partial charge in [0.05, 0.1) is 10.0 Å². The van der Waals surface area contributed by atoms with Crippen LogP contribution in [0.2, 0.25) is 10.0 Å². The largest absolute Gasteiger partial charge is 0.480 e. The number of hydrogen-bond acceptors (Lipinski definition) is 6. The van der Waals surface area contributed by atoms with Gasteiger partial charge in [-0.25, -0.2) is 4.79 Å². The van der Waals surface area contributed by atoms with Gasteiger partial charge >= 0.3 is 12.0 Å². The molecule has 0 bridgehead atoms. The van der Waals surface area contributed by atoms with Crippen LogP contribution in [0.5, 0.6) is 0 Å². The lowest BCUT2D eigenvalue weighted by atomic mass is 10.3. The first kappa shape index (κ1) is 17.8. The number of hydrogen-bond donors (Lipinski definition) is 3. The number of nitrogens with one attached hydrogen (secondary N) is 2. The number of carboxylic acid groups (broad SMARTS) is 1. The molecule has 0 saturated heterocycles. The third-order valence-electron chi connectivity index (χ3n) is 2.43.